The van der Waals surface area contributed by atoms with E-state index in [9.17, 15) is 8.78 Å². The van der Waals surface area contributed by atoms with Gasteiger partial charge in [-0.05, 0) is 6.54 Å². The molecule has 0 aliphatic carbocycles. The molecule has 72 valence electrons. The Labute approximate surface area is 71.9 Å². The summed E-state index contributed by atoms with van der Waals surface area (Å²) < 4.78 is 24.1. The van der Waals surface area contributed by atoms with Crippen LogP contribution >= 0.6 is 0 Å². The molecule has 2 nitrogen and oxygen atoms in total. The second-order valence-corrected chi connectivity index (χ2v) is 3.11. The smallest absolute Gasteiger partial charge is 0.240 e. The van der Waals surface area contributed by atoms with Crippen molar-refractivity contribution in [2.75, 3.05) is 26.2 Å². The Balaban J connectivity index is 2.36. The van der Waals surface area contributed by atoms with Crippen LogP contribution in [0.5, 0.6) is 0 Å². The van der Waals surface area contributed by atoms with E-state index < -0.39 is 6.43 Å². The maximum atomic E-state index is 12.1. The predicted octanol–water partition coefficient (Wildman–Crippen LogP) is 0.935. The minimum atomic E-state index is -2.18. The molecular formula is C8H16F2N2. The average molecular weight is 178 g/mol. The molecule has 4 heteroatoms. The van der Waals surface area contributed by atoms with Gasteiger partial charge in [0, 0.05) is 32.1 Å². The molecule has 1 fully saturated rings. The first-order valence-electron chi connectivity index (χ1n) is 4.47. The quantitative estimate of drug-likeness (QED) is 0.691. The summed E-state index contributed by atoms with van der Waals surface area (Å²) in [4.78, 5) is 2.11. The lowest BCUT2D eigenvalue weighted by atomic mass is 10.1. The van der Waals surface area contributed by atoms with Crippen molar-refractivity contribution in [1.29, 1.82) is 0 Å². The summed E-state index contributed by atoms with van der Waals surface area (Å²) >= 11 is 0. The molecule has 1 atom stereocenters. The van der Waals surface area contributed by atoms with Crippen LogP contribution < -0.4 is 5.32 Å². The van der Waals surface area contributed by atoms with Gasteiger partial charge in [0.25, 0.3) is 0 Å². The third-order valence-electron chi connectivity index (χ3n) is 2.33. The van der Waals surface area contributed by atoms with E-state index in [1.165, 1.54) is 0 Å². The zero-order valence-electron chi connectivity index (χ0n) is 7.39. The van der Waals surface area contributed by atoms with E-state index in [2.05, 4.69) is 10.2 Å². The van der Waals surface area contributed by atoms with Crippen LogP contribution in [0.1, 0.15) is 13.3 Å². The van der Waals surface area contributed by atoms with E-state index in [0.717, 1.165) is 19.6 Å². The minimum Gasteiger partial charge on any atom is -0.314 e. The fourth-order valence-corrected chi connectivity index (χ4v) is 1.66. The molecule has 0 radical (unpaired) electrons. The van der Waals surface area contributed by atoms with Crippen LogP contribution in [-0.2, 0) is 0 Å². The number of hydrogen-bond acceptors (Lipinski definition) is 2. The summed E-state index contributed by atoms with van der Waals surface area (Å²) in [6, 6.07) is 0.0312. The molecule has 0 aromatic rings. The SMILES string of the molecule is CCN1CCNCC1CC(F)F. The number of nitrogens with one attached hydrogen (secondary N) is 1. The van der Waals surface area contributed by atoms with Gasteiger partial charge in [0.2, 0.25) is 6.43 Å². The van der Waals surface area contributed by atoms with Gasteiger partial charge < -0.3 is 5.32 Å². The van der Waals surface area contributed by atoms with Crippen LogP contribution in [0.4, 0.5) is 8.78 Å². The first kappa shape index (κ1) is 9.86. The highest BCUT2D eigenvalue weighted by Gasteiger charge is 2.23. The van der Waals surface area contributed by atoms with Crippen molar-refractivity contribution in [3.63, 3.8) is 0 Å². The van der Waals surface area contributed by atoms with Gasteiger partial charge in [-0.2, -0.15) is 0 Å². The highest BCUT2D eigenvalue weighted by molar-refractivity contribution is 4.79. The van der Waals surface area contributed by atoms with Gasteiger partial charge in [-0.25, -0.2) is 8.78 Å². The number of nitrogens with zero attached hydrogens (tertiary/aromatic N) is 1. The Bertz CT molecular complexity index is 130. The van der Waals surface area contributed by atoms with Crippen molar-refractivity contribution in [3.05, 3.63) is 0 Å². The first-order chi connectivity index (χ1) is 5.74. The Kier molecular flexibility index (Phi) is 3.88. The Morgan fingerprint density at radius 2 is 2.33 bits per heavy atom. The van der Waals surface area contributed by atoms with Crippen LogP contribution in [-0.4, -0.2) is 43.5 Å². The van der Waals surface area contributed by atoms with Crippen molar-refractivity contribution >= 4 is 0 Å². The molecule has 1 N–H and O–H groups in total. The molecule has 1 rings (SSSR count). The van der Waals surface area contributed by atoms with Crippen LogP contribution in [0.2, 0.25) is 0 Å². The number of likely N-dealkylation sites (N-methyl/N-ethyl adjacent to an activating group) is 1. The molecule has 0 aromatic heterocycles. The standard InChI is InChI=1S/C8H16F2N2/c1-2-12-4-3-11-6-7(12)5-8(9)10/h7-8,11H,2-6H2,1H3. The van der Waals surface area contributed by atoms with Gasteiger partial charge in [-0.1, -0.05) is 6.92 Å². The maximum Gasteiger partial charge on any atom is 0.240 e. The molecule has 0 saturated carbocycles. The van der Waals surface area contributed by atoms with Crippen molar-refractivity contribution in [1.82, 2.24) is 10.2 Å². The number of hydrogen-bond donors (Lipinski definition) is 1. The van der Waals surface area contributed by atoms with Gasteiger partial charge in [-0.3, -0.25) is 4.90 Å². The highest BCUT2D eigenvalue weighted by atomic mass is 19.3. The molecule has 0 bridgehead atoms. The summed E-state index contributed by atoms with van der Waals surface area (Å²) in [5, 5.41) is 3.13. The van der Waals surface area contributed by atoms with E-state index in [-0.39, 0.29) is 12.5 Å². The number of rotatable bonds is 3. The van der Waals surface area contributed by atoms with Crippen molar-refractivity contribution in [2.45, 2.75) is 25.8 Å². The van der Waals surface area contributed by atoms with Gasteiger partial charge >= 0.3 is 0 Å². The van der Waals surface area contributed by atoms with E-state index in [1.54, 1.807) is 0 Å². The molecule has 1 saturated heterocycles. The van der Waals surface area contributed by atoms with E-state index >= 15 is 0 Å². The average Bonchev–Trinajstić information content (AvgIpc) is 2.04. The molecule has 1 aliphatic heterocycles. The zero-order chi connectivity index (χ0) is 8.97. The Morgan fingerprint density at radius 3 is 2.92 bits per heavy atom. The minimum absolute atomic E-state index is 0.000833. The van der Waals surface area contributed by atoms with E-state index in [4.69, 9.17) is 0 Å². The van der Waals surface area contributed by atoms with Crippen LogP contribution in [0.15, 0.2) is 0 Å². The zero-order valence-corrected chi connectivity index (χ0v) is 7.39. The molecule has 1 unspecified atom stereocenters. The normalized spacial score (nSPS) is 26.5. The molecular weight excluding hydrogens is 162 g/mol. The van der Waals surface area contributed by atoms with Crippen LogP contribution in [0.3, 0.4) is 0 Å². The summed E-state index contributed by atoms with van der Waals surface area (Å²) in [5.41, 5.74) is 0. The van der Waals surface area contributed by atoms with Gasteiger partial charge in [0.1, 0.15) is 0 Å². The van der Waals surface area contributed by atoms with E-state index in [0.29, 0.717) is 6.54 Å². The van der Waals surface area contributed by atoms with Crippen molar-refractivity contribution in [3.8, 4) is 0 Å². The van der Waals surface area contributed by atoms with Gasteiger partial charge in [-0.15, -0.1) is 0 Å². The third kappa shape index (κ3) is 2.68. The topological polar surface area (TPSA) is 15.3 Å². The van der Waals surface area contributed by atoms with Gasteiger partial charge in [0.15, 0.2) is 0 Å². The monoisotopic (exact) mass is 178 g/mol. The van der Waals surface area contributed by atoms with Crippen molar-refractivity contribution < 1.29 is 8.78 Å². The van der Waals surface area contributed by atoms with Crippen molar-refractivity contribution in [2.24, 2.45) is 0 Å². The molecule has 1 heterocycles. The molecule has 0 spiro atoms. The molecule has 12 heavy (non-hydrogen) atoms. The van der Waals surface area contributed by atoms with Crippen LogP contribution in [0.25, 0.3) is 0 Å². The number of halogens is 2. The Hall–Kier alpha value is -0.220. The fourth-order valence-electron chi connectivity index (χ4n) is 1.66. The lowest BCUT2D eigenvalue weighted by Gasteiger charge is -2.35. The van der Waals surface area contributed by atoms with Gasteiger partial charge in [0.05, 0.1) is 0 Å². The maximum absolute atomic E-state index is 12.1. The summed E-state index contributed by atoms with van der Waals surface area (Å²) in [6.07, 6.45) is -2.18. The second kappa shape index (κ2) is 4.72. The number of piperazine rings is 1. The fraction of sp³-hybridized carbons (Fsp3) is 1.00. The lowest BCUT2D eigenvalue weighted by Crippen LogP contribution is -2.51. The molecule has 0 aromatic carbocycles. The van der Waals surface area contributed by atoms with Crippen LogP contribution in [0, 0.1) is 0 Å². The first-order valence-corrected chi connectivity index (χ1v) is 4.47. The predicted molar refractivity (Wildman–Crippen MR) is 44.5 cm³/mol. The van der Waals surface area contributed by atoms with E-state index in [1.807, 2.05) is 6.92 Å². The summed E-state index contributed by atoms with van der Waals surface area (Å²) in [6.45, 7) is 5.42. The molecule has 1 aliphatic rings. The second-order valence-electron chi connectivity index (χ2n) is 3.11. The number of alkyl halides is 2. The summed E-state index contributed by atoms with van der Waals surface area (Å²) in [5.74, 6) is 0. The Morgan fingerprint density at radius 1 is 1.58 bits per heavy atom. The third-order valence-corrected chi connectivity index (χ3v) is 2.33. The molecule has 0 amide bonds. The highest BCUT2D eigenvalue weighted by Crippen LogP contribution is 2.11. The largest absolute Gasteiger partial charge is 0.314 e. The summed E-state index contributed by atoms with van der Waals surface area (Å²) in [7, 11) is 0. The lowest BCUT2D eigenvalue weighted by molar-refractivity contribution is 0.0711.